The average Bonchev–Trinajstić information content (AvgIpc) is 1.98. The molecule has 0 saturated heterocycles. The van der Waals surface area contributed by atoms with E-state index >= 15 is 0 Å². The van der Waals surface area contributed by atoms with Gasteiger partial charge in [-0.25, -0.2) is 0 Å². The van der Waals surface area contributed by atoms with Crippen LogP contribution in [0.2, 0.25) is 0 Å². The first kappa shape index (κ1) is 10.2. The van der Waals surface area contributed by atoms with Crippen LogP contribution in [0, 0.1) is 5.92 Å². The van der Waals surface area contributed by atoms with E-state index in [0.29, 0.717) is 5.92 Å². The van der Waals surface area contributed by atoms with Crippen LogP contribution in [0.3, 0.4) is 0 Å². The van der Waals surface area contributed by atoms with Gasteiger partial charge in [0.15, 0.2) is 0 Å². The predicted molar refractivity (Wildman–Crippen MR) is 45.4 cm³/mol. The molecule has 2 unspecified atom stereocenters. The third-order valence-electron chi connectivity index (χ3n) is 1.90. The van der Waals surface area contributed by atoms with E-state index in [2.05, 4.69) is 13.8 Å². The first-order chi connectivity index (χ1) is 4.72. The second kappa shape index (κ2) is 5.99. The summed E-state index contributed by atoms with van der Waals surface area (Å²) in [5.41, 5.74) is 0. The molecule has 0 spiro atoms. The highest BCUT2D eigenvalue weighted by Crippen LogP contribution is 2.18. The van der Waals surface area contributed by atoms with E-state index in [9.17, 15) is 0 Å². The van der Waals surface area contributed by atoms with Gasteiger partial charge in [-0.1, -0.05) is 20.3 Å². The van der Waals surface area contributed by atoms with Crippen molar-refractivity contribution in [2.45, 2.75) is 38.5 Å². The largest absolute Gasteiger partial charge is 0.396 e. The summed E-state index contributed by atoms with van der Waals surface area (Å²) in [5, 5.41) is 8.76. The SMILES string of the molecule is CCC(C)C(Cl)CCCO. The minimum Gasteiger partial charge on any atom is -0.396 e. The van der Waals surface area contributed by atoms with E-state index in [1.165, 1.54) is 0 Å². The maximum Gasteiger partial charge on any atom is 0.0431 e. The molecule has 0 aliphatic carbocycles. The quantitative estimate of drug-likeness (QED) is 0.619. The molecule has 0 bridgehead atoms. The molecular weight excluding hydrogens is 148 g/mol. The van der Waals surface area contributed by atoms with Crippen LogP contribution in [0.25, 0.3) is 0 Å². The van der Waals surface area contributed by atoms with Gasteiger partial charge in [0.1, 0.15) is 0 Å². The van der Waals surface area contributed by atoms with Crippen molar-refractivity contribution in [3.05, 3.63) is 0 Å². The van der Waals surface area contributed by atoms with Crippen molar-refractivity contribution >= 4 is 11.6 Å². The summed E-state index contributed by atoms with van der Waals surface area (Å²) >= 11 is 6.00. The summed E-state index contributed by atoms with van der Waals surface area (Å²) in [6.07, 6.45) is 2.89. The Hall–Kier alpha value is 0.250. The Kier molecular flexibility index (Phi) is 6.14. The van der Waals surface area contributed by atoms with Gasteiger partial charge in [0, 0.05) is 12.0 Å². The molecule has 0 fully saturated rings. The van der Waals surface area contributed by atoms with Crippen molar-refractivity contribution in [1.82, 2.24) is 0 Å². The maximum absolute atomic E-state index is 8.51. The van der Waals surface area contributed by atoms with Crippen molar-refractivity contribution in [3.63, 3.8) is 0 Å². The summed E-state index contributed by atoms with van der Waals surface area (Å²) in [5.74, 6) is 0.577. The molecule has 0 aromatic heterocycles. The Morgan fingerprint density at radius 2 is 2.10 bits per heavy atom. The van der Waals surface area contributed by atoms with Gasteiger partial charge in [-0.05, 0) is 18.8 Å². The number of alkyl halides is 1. The first-order valence-electron chi connectivity index (χ1n) is 3.97. The van der Waals surface area contributed by atoms with E-state index < -0.39 is 0 Å². The molecular formula is C8H17ClO. The molecule has 2 atom stereocenters. The molecule has 10 heavy (non-hydrogen) atoms. The molecule has 0 heterocycles. The summed E-state index contributed by atoms with van der Waals surface area (Å²) in [7, 11) is 0. The molecule has 0 saturated carbocycles. The minimum atomic E-state index is 0.247. The zero-order valence-corrected chi connectivity index (χ0v) is 7.56. The number of hydrogen-bond donors (Lipinski definition) is 1. The molecule has 2 heteroatoms. The Morgan fingerprint density at radius 3 is 2.50 bits per heavy atom. The van der Waals surface area contributed by atoms with Crippen molar-refractivity contribution < 1.29 is 5.11 Å². The van der Waals surface area contributed by atoms with Crippen LogP contribution >= 0.6 is 11.6 Å². The van der Waals surface area contributed by atoms with Crippen LogP contribution in [0.4, 0.5) is 0 Å². The smallest absolute Gasteiger partial charge is 0.0431 e. The van der Waals surface area contributed by atoms with Gasteiger partial charge in [0.05, 0.1) is 0 Å². The second-order valence-corrected chi connectivity index (χ2v) is 3.33. The van der Waals surface area contributed by atoms with E-state index in [0.717, 1.165) is 19.3 Å². The second-order valence-electron chi connectivity index (χ2n) is 2.77. The highest BCUT2D eigenvalue weighted by molar-refractivity contribution is 6.20. The highest BCUT2D eigenvalue weighted by atomic mass is 35.5. The zero-order valence-electron chi connectivity index (χ0n) is 6.81. The summed E-state index contributed by atoms with van der Waals surface area (Å²) in [6, 6.07) is 0. The van der Waals surface area contributed by atoms with Crippen LogP contribution in [0.15, 0.2) is 0 Å². The first-order valence-corrected chi connectivity index (χ1v) is 4.41. The van der Waals surface area contributed by atoms with Gasteiger partial charge in [-0.15, -0.1) is 11.6 Å². The lowest BCUT2D eigenvalue weighted by atomic mass is 10.0. The lowest BCUT2D eigenvalue weighted by Crippen LogP contribution is -2.10. The number of aliphatic hydroxyl groups excluding tert-OH is 1. The molecule has 1 nitrogen and oxygen atoms in total. The maximum atomic E-state index is 8.51. The number of halogens is 1. The van der Waals surface area contributed by atoms with Crippen LogP contribution < -0.4 is 0 Å². The molecule has 0 aromatic carbocycles. The minimum absolute atomic E-state index is 0.247. The molecule has 0 radical (unpaired) electrons. The van der Waals surface area contributed by atoms with E-state index in [-0.39, 0.29) is 12.0 Å². The summed E-state index contributed by atoms with van der Waals surface area (Å²) < 4.78 is 0. The number of hydrogen-bond acceptors (Lipinski definition) is 1. The lowest BCUT2D eigenvalue weighted by Gasteiger charge is -2.14. The van der Waals surface area contributed by atoms with Gasteiger partial charge in [0.2, 0.25) is 0 Å². The Morgan fingerprint density at radius 1 is 1.50 bits per heavy atom. The van der Waals surface area contributed by atoms with Gasteiger partial charge < -0.3 is 5.11 Å². The third kappa shape index (κ3) is 4.13. The van der Waals surface area contributed by atoms with E-state index in [1.807, 2.05) is 0 Å². The predicted octanol–water partition coefficient (Wildman–Crippen LogP) is 2.41. The molecule has 0 rings (SSSR count). The highest BCUT2D eigenvalue weighted by Gasteiger charge is 2.10. The fourth-order valence-corrected chi connectivity index (χ4v) is 1.16. The third-order valence-corrected chi connectivity index (χ3v) is 2.55. The number of rotatable bonds is 5. The van der Waals surface area contributed by atoms with Crippen molar-refractivity contribution in [1.29, 1.82) is 0 Å². The van der Waals surface area contributed by atoms with Crippen LogP contribution in [0.5, 0.6) is 0 Å². The molecule has 0 aromatic rings. The Bertz CT molecular complexity index is 75.7. The molecule has 0 amide bonds. The van der Waals surface area contributed by atoms with Crippen LogP contribution in [-0.2, 0) is 0 Å². The van der Waals surface area contributed by atoms with Crippen LogP contribution in [-0.4, -0.2) is 17.1 Å². The molecule has 1 N–H and O–H groups in total. The van der Waals surface area contributed by atoms with Gasteiger partial charge >= 0.3 is 0 Å². The van der Waals surface area contributed by atoms with Gasteiger partial charge in [-0.2, -0.15) is 0 Å². The van der Waals surface area contributed by atoms with Gasteiger partial charge in [-0.3, -0.25) is 0 Å². The Balaban J connectivity index is 3.31. The monoisotopic (exact) mass is 164 g/mol. The van der Waals surface area contributed by atoms with Crippen molar-refractivity contribution in [3.8, 4) is 0 Å². The van der Waals surface area contributed by atoms with Crippen LogP contribution in [0.1, 0.15) is 33.1 Å². The topological polar surface area (TPSA) is 20.2 Å². The fourth-order valence-electron chi connectivity index (χ4n) is 0.827. The average molecular weight is 165 g/mol. The normalized spacial score (nSPS) is 16.8. The summed E-state index contributed by atoms with van der Waals surface area (Å²) in [6.45, 7) is 4.55. The van der Waals surface area contributed by atoms with E-state index in [1.54, 1.807) is 0 Å². The zero-order chi connectivity index (χ0) is 7.98. The van der Waals surface area contributed by atoms with E-state index in [4.69, 9.17) is 16.7 Å². The fraction of sp³-hybridized carbons (Fsp3) is 1.00. The van der Waals surface area contributed by atoms with Crippen molar-refractivity contribution in [2.24, 2.45) is 5.92 Å². The number of aliphatic hydroxyl groups is 1. The molecule has 0 aliphatic heterocycles. The molecule has 0 aliphatic rings. The molecule has 62 valence electrons. The van der Waals surface area contributed by atoms with Gasteiger partial charge in [0.25, 0.3) is 0 Å². The lowest BCUT2D eigenvalue weighted by molar-refractivity contribution is 0.279. The summed E-state index contributed by atoms with van der Waals surface area (Å²) in [4.78, 5) is 0. The Labute approximate surface area is 68.4 Å². The van der Waals surface area contributed by atoms with Crippen molar-refractivity contribution in [2.75, 3.05) is 6.61 Å². The standard InChI is InChI=1S/C8H17ClO/c1-3-7(2)8(9)5-4-6-10/h7-8,10H,3-6H2,1-2H3.